The van der Waals surface area contributed by atoms with Crippen molar-refractivity contribution in [1.29, 1.82) is 0 Å². The maximum atomic E-state index is 11.1. The van der Waals surface area contributed by atoms with E-state index in [1.54, 1.807) is 11.0 Å². The number of fused-ring (bicyclic) bond motifs is 1. The molecule has 0 unspecified atom stereocenters. The van der Waals surface area contributed by atoms with Crippen LogP contribution in [0.2, 0.25) is 5.02 Å². The number of anilines is 1. The lowest BCUT2D eigenvalue weighted by Crippen LogP contribution is -2.25. The minimum absolute atomic E-state index is 0.152. The molecule has 1 aliphatic heterocycles. The highest BCUT2D eigenvalue weighted by Crippen LogP contribution is 2.30. The molecule has 1 aliphatic rings. The van der Waals surface area contributed by atoms with Gasteiger partial charge in [0, 0.05) is 24.2 Å². The minimum Gasteiger partial charge on any atom is -0.312 e. The maximum absolute atomic E-state index is 11.1. The van der Waals surface area contributed by atoms with Gasteiger partial charge in [0.2, 0.25) is 5.91 Å². The molecule has 1 radical (unpaired) electrons. The first-order valence-corrected chi connectivity index (χ1v) is 4.48. The summed E-state index contributed by atoms with van der Waals surface area (Å²) in [6, 6.07) is 5.56. The van der Waals surface area contributed by atoms with Crippen LogP contribution in [0.3, 0.4) is 0 Å². The van der Waals surface area contributed by atoms with Crippen LogP contribution in [-0.2, 0) is 11.2 Å². The van der Waals surface area contributed by atoms with Gasteiger partial charge in [0.05, 0.1) is 0 Å². The van der Waals surface area contributed by atoms with Crippen molar-refractivity contribution in [3.63, 3.8) is 0 Å². The third-order valence-corrected chi connectivity index (χ3v) is 2.47. The summed E-state index contributed by atoms with van der Waals surface area (Å²) in [7, 11) is 0. The van der Waals surface area contributed by atoms with Crippen molar-refractivity contribution >= 4 is 23.2 Å². The standard InChI is InChI=1S/C10H9ClNO/c1-7(13)12-5-4-8-6-9(11)2-3-10(8)12/h2-3,6H,1,4-5H2. The second-order valence-electron chi connectivity index (χ2n) is 3.07. The Balaban J connectivity index is 2.44. The van der Waals surface area contributed by atoms with E-state index >= 15 is 0 Å². The van der Waals surface area contributed by atoms with Crippen LogP contribution in [0.15, 0.2) is 18.2 Å². The van der Waals surface area contributed by atoms with Crippen LogP contribution in [0.1, 0.15) is 5.56 Å². The molecule has 0 fully saturated rings. The van der Waals surface area contributed by atoms with Gasteiger partial charge in [-0.2, -0.15) is 0 Å². The van der Waals surface area contributed by atoms with Gasteiger partial charge in [-0.25, -0.2) is 0 Å². The molecule has 0 aliphatic carbocycles. The van der Waals surface area contributed by atoms with Gasteiger partial charge in [0.1, 0.15) is 0 Å². The third kappa shape index (κ3) is 1.42. The average Bonchev–Trinajstić information content (AvgIpc) is 2.46. The van der Waals surface area contributed by atoms with Crippen LogP contribution in [-0.4, -0.2) is 12.5 Å². The minimum atomic E-state index is -0.152. The molecule has 2 rings (SSSR count). The number of benzene rings is 1. The molecular weight excluding hydrogens is 186 g/mol. The Kier molecular flexibility index (Phi) is 2.00. The highest BCUT2D eigenvalue weighted by molar-refractivity contribution is 6.30. The van der Waals surface area contributed by atoms with Gasteiger partial charge in [-0.1, -0.05) is 11.6 Å². The molecule has 0 aromatic heterocycles. The second kappa shape index (κ2) is 3.04. The van der Waals surface area contributed by atoms with E-state index in [9.17, 15) is 4.79 Å². The molecule has 67 valence electrons. The second-order valence-corrected chi connectivity index (χ2v) is 3.50. The van der Waals surface area contributed by atoms with Gasteiger partial charge in [0.15, 0.2) is 0 Å². The van der Waals surface area contributed by atoms with Gasteiger partial charge >= 0.3 is 0 Å². The van der Waals surface area contributed by atoms with Crippen molar-refractivity contribution in [2.45, 2.75) is 6.42 Å². The highest BCUT2D eigenvalue weighted by atomic mass is 35.5. The predicted molar refractivity (Wildman–Crippen MR) is 52.9 cm³/mol. The first-order valence-electron chi connectivity index (χ1n) is 4.10. The molecule has 2 nitrogen and oxygen atoms in total. The number of halogens is 1. The molecule has 1 aromatic carbocycles. The summed E-state index contributed by atoms with van der Waals surface area (Å²) in [6.07, 6.45) is 0.872. The highest BCUT2D eigenvalue weighted by Gasteiger charge is 2.21. The molecule has 3 heteroatoms. The summed E-state index contributed by atoms with van der Waals surface area (Å²) >= 11 is 5.83. The number of carbonyl (C=O) groups is 1. The van der Waals surface area contributed by atoms with Crippen LogP contribution in [0.5, 0.6) is 0 Å². The number of carbonyl (C=O) groups excluding carboxylic acids is 1. The fraction of sp³-hybridized carbons (Fsp3) is 0.200. The van der Waals surface area contributed by atoms with Crippen molar-refractivity contribution < 1.29 is 4.79 Å². The summed E-state index contributed by atoms with van der Waals surface area (Å²) in [4.78, 5) is 12.7. The van der Waals surface area contributed by atoms with E-state index in [2.05, 4.69) is 6.92 Å². The number of nitrogens with zero attached hydrogens (tertiary/aromatic N) is 1. The normalized spacial score (nSPS) is 14.5. The Morgan fingerprint density at radius 2 is 2.31 bits per heavy atom. The summed E-state index contributed by atoms with van der Waals surface area (Å²) in [5.74, 6) is -0.152. The van der Waals surface area contributed by atoms with Crippen LogP contribution in [0.25, 0.3) is 0 Å². The van der Waals surface area contributed by atoms with Gasteiger partial charge in [0.25, 0.3) is 0 Å². The van der Waals surface area contributed by atoms with Gasteiger partial charge < -0.3 is 4.90 Å². The van der Waals surface area contributed by atoms with E-state index in [-0.39, 0.29) is 5.91 Å². The molecule has 0 saturated heterocycles. The Morgan fingerprint density at radius 3 is 3.00 bits per heavy atom. The molecule has 1 aromatic rings. The molecule has 0 N–H and O–H groups in total. The van der Waals surface area contributed by atoms with E-state index in [0.29, 0.717) is 0 Å². The fourth-order valence-electron chi connectivity index (χ4n) is 1.63. The van der Waals surface area contributed by atoms with Crippen molar-refractivity contribution in [2.75, 3.05) is 11.4 Å². The topological polar surface area (TPSA) is 20.3 Å². The third-order valence-electron chi connectivity index (χ3n) is 2.24. The summed E-state index contributed by atoms with van der Waals surface area (Å²) in [5, 5.41) is 0.720. The summed E-state index contributed by atoms with van der Waals surface area (Å²) < 4.78 is 0. The average molecular weight is 195 g/mol. The Morgan fingerprint density at radius 1 is 1.54 bits per heavy atom. The summed E-state index contributed by atoms with van der Waals surface area (Å²) in [5.41, 5.74) is 2.08. The largest absolute Gasteiger partial charge is 0.312 e. The molecule has 13 heavy (non-hydrogen) atoms. The van der Waals surface area contributed by atoms with E-state index in [0.717, 1.165) is 29.2 Å². The first-order chi connectivity index (χ1) is 6.18. The molecule has 1 amide bonds. The molecule has 0 saturated carbocycles. The fourth-order valence-corrected chi connectivity index (χ4v) is 1.82. The smallest absolute Gasteiger partial charge is 0.227 e. The Hall–Kier alpha value is -1.02. The molecular formula is C10H9ClNO. The number of hydrogen-bond donors (Lipinski definition) is 0. The zero-order valence-corrected chi connectivity index (χ0v) is 7.84. The lowest BCUT2D eigenvalue weighted by Gasteiger charge is -2.13. The molecule has 1 heterocycles. The van der Waals surface area contributed by atoms with Gasteiger partial charge in [-0.05, 0) is 30.2 Å². The lowest BCUT2D eigenvalue weighted by molar-refractivity contribution is -0.114. The van der Waals surface area contributed by atoms with Crippen molar-refractivity contribution in [2.24, 2.45) is 0 Å². The quantitative estimate of drug-likeness (QED) is 0.619. The van der Waals surface area contributed by atoms with Crippen molar-refractivity contribution in [1.82, 2.24) is 0 Å². The SMILES string of the molecule is [CH2]C(=O)N1CCc2cc(Cl)ccc21. The van der Waals surface area contributed by atoms with Gasteiger partial charge in [-0.15, -0.1) is 0 Å². The number of amides is 1. The van der Waals surface area contributed by atoms with Crippen LogP contribution < -0.4 is 4.90 Å². The van der Waals surface area contributed by atoms with Crippen LogP contribution in [0, 0.1) is 6.92 Å². The Bertz CT molecular complexity index is 362. The van der Waals surface area contributed by atoms with Crippen LogP contribution >= 0.6 is 11.6 Å². The zero-order chi connectivity index (χ0) is 9.42. The van der Waals surface area contributed by atoms with E-state index in [1.165, 1.54) is 0 Å². The maximum Gasteiger partial charge on any atom is 0.227 e. The molecule has 0 atom stereocenters. The zero-order valence-electron chi connectivity index (χ0n) is 7.09. The monoisotopic (exact) mass is 194 g/mol. The lowest BCUT2D eigenvalue weighted by atomic mass is 10.2. The van der Waals surface area contributed by atoms with Crippen LogP contribution in [0.4, 0.5) is 5.69 Å². The number of hydrogen-bond acceptors (Lipinski definition) is 1. The molecule has 0 bridgehead atoms. The van der Waals surface area contributed by atoms with Crippen molar-refractivity contribution in [3.8, 4) is 0 Å². The summed E-state index contributed by atoms with van der Waals surface area (Å²) in [6.45, 7) is 4.12. The van der Waals surface area contributed by atoms with Crippen molar-refractivity contribution in [3.05, 3.63) is 35.7 Å². The van der Waals surface area contributed by atoms with E-state index in [4.69, 9.17) is 11.6 Å². The predicted octanol–water partition coefficient (Wildman–Crippen LogP) is 2.06. The first kappa shape index (κ1) is 8.57. The Labute approximate surface area is 82.1 Å². The van der Waals surface area contributed by atoms with Gasteiger partial charge in [-0.3, -0.25) is 4.79 Å². The van der Waals surface area contributed by atoms with E-state index in [1.807, 2.05) is 12.1 Å². The number of rotatable bonds is 0. The molecule has 0 spiro atoms. The van der Waals surface area contributed by atoms with E-state index < -0.39 is 0 Å².